The molecule has 0 bridgehead atoms. The highest BCUT2D eigenvalue weighted by Gasteiger charge is 2.28. The maximum atomic E-state index is 12.0. The van der Waals surface area contributed by atoms with Gasteiger partial charge in [-0.15, -0.1) is 23.7 Å². The van der Waals surface area contributed by atoms with E-state index in [0.717, 1.165) is 19.3 Å². The summed E-state index contributed by atoms with van der Waals surface area (Å²) in [5.41, 5.74) is 6.42. The molecule has 0 radical (unpaired) electrons. The number of ether oxygens (including phenoxy) is 1. The maximum absolute atomic E-state index is 12.0. The molecule has 1 amide bonds. The normalized spacial score (nSPS) is 20.7. The lowest BCUT2D eigenvalue weighted by molar-refractivity contribution is -0.142. The lowest BCUT2D eigenvalue weighted by atomic mass is 10.1. The van der Waals surface area contributed by atoms with Gasteiger partial charge in [-0.25, -0.2) is 4.98 Å². The molecule has 21 heavy (non-hydrogen) atoms. The molecular weight excluding hydrogens is 314 g/mol. The van der Waals surface area contributed by atoms with Crippen molar-refractivity contribution in [3.63, 3.8) is 0 Å². The molecule has 118 valence electrons. The van der Waals surface area contributed by atoms with Crippen molar-refractivity contribution in [2.24, 2.45) is 11.7 Å². The molecular formula is C13H20ClN3O3S. The lowest BCUT2D eigenvalue weighted by Gasteiger charge is -2.08. The summed E-state index contributed by atoms with van der Waals surface area (Å²) < 4.78 is 4.85. The first-order chi connectivity index (χ1) is 9.58. The largest absolute Gasteiger partial charge is 0.466 e. The SMILES string of the molecule is CCOC(=O)Cc1csc(NC(=O)C2CCC(N)C2)n1.Cl. The van der Waals surface area contributed by atoms with E-state index in [0.29, 0.717) is 17.4 Å². The first-order valence-corrected chi connectivity index (χ1v) is 7.63. The summed E-state index contributed by atoms with van der Waals surface area (Å²) in [6, 6.07) is 0.126. The summed E-state index contributed by atoms with van der Waals surface area (Å²) in [4.78, 5) is 27.6. The molecule has 0 aliphatic heterocycles. The van der Waals surface area contributed by atoms with Crippen LogP contribution in [0.5, 0.6) is 0 Å². The molecule has 6 nitrogen and oxygen atoms in total. The fourth-order valence-electron chi connectivity index (χ4n) is 2.27. The predicted octanol–water partition coefficient (Wildman–Crippen LogP) is 1.74. The highest BCUT2D eigenvalue weighted by atomic mass is 35.5. The van der Waals surface area contributed by atoms with E-state index in [1.54, 1.807) is 12.3 Å². The topological polar surface area (TPSA) is 94.3 Å². The zero-order chi connectivity index (χ0) is 14.5. The van der Waals surface area contributed by atoms with Crippen LogP contribution in [0.3, 0.4) is 0 Å². The van der Waals surface area contributed by atoms with Crippen molar-refractivity contribution in [1.82, 2.24) is 4.98 Å². The van der Waals surface area contributed by atoms with Gasteiger partial charge in [-0.05, 0) is 26.2 Å². The predicted molar refractivity (Wildman–Crippen MR) is 83.6 cm³/mol. The van der Waals surface area contributed by atoms with Crippen molar-refractivity contribution in [1.29, 1.82) is 0 Å². The van der Waals surface area contributed by atoms with Crippen molar-refractivity contribution in [2.45, 2.75) is 38.6 Å². The summed E-state index contributed by atoms with van der Waals surface area (Å²) in [6.45, 7) is 2.12. The molecule has 2 atom stereocenters. The summed E-state index contributed by atoms with van der Waals surface area (Å²) >= 11 is 1.32. The van der Waals surface area contributed by atoms with E-state index in [4.69, 9.17) is 10.5 Å². The lowest BCUT2D eigenvalue weighted by Crippen LogP contribution is -2.23. The molecule has 3 N–H and O–H groups in total. The van der Waals surface area contributed by atoms with Gasteiger partial charge < -0.3 is 15.8 Å². The standard InChI is InChI=1S/C13H19N3O3S.ClH/c1-2-19-11(17)6-10-7-20-13(15-10)16-12(18)8-3-4-9(14)5-8;/h7-9H,2-6,14H2,1H3,(H,15,16,18);1H. The average Bonchev–Trinajstić information content (AvgIpc) is 2.99. The molecule has 2 rings (SSSR count). The van der Waals surface area contributed by atoms with E-state index in [1.165, 1.54) is 11.3 Å². The molecule has 1 aliphatic carbocycles. The number of esters is 1. The number of carbonyl (C=O) groups is 2. The van der Waals surface area contributed by atoms with Gasteiger partial charge in [0.05, 0.1) is 18.7 Å². The molecule has 2 unspecified atom stereocenters. The number of aromatic nitrogens is 1. The van der Waals surface area contributed by atoms with Crippen LogP contribution in [0.2, 0.25) is 0 Å². The molecule has 1 fully saturated rings. The zero-order valence-electron chi connectivity index (χ0n) is 11.8. The number of anilines is 1. The quantitative estimate of drug-likeness (QED) is 0.800. The number of halogens is 1. The third-order valence-corrected chi connectivity index (χ3v) is 4.06. The van der Waals surface area contributed by atoms with E-state index < -0.39 is 0 Å². The third kappa shape index (κ3) is 5.26. The Labute approximate surface area is 133 Å². The van der Waals surface area contributed by atoms with Gasteiger partial charge in [-0.3, -0.25) is 9.59 Å². The highest BCUT2D eigenvalue weighted by molar-refractivity contribution is 7.13. The second-order valence-corrected chi connectivity index (χ2v) is 5.74. The number of nitrogens with zero attached hydrogens (tertiary/aromatic N) is 1. The smallest absolute Gasteiger partial charge is 0.311 e. The fraction of sp³-hybridized carbons (Fsp3) is 0.615. The minimum absolute atomic E-state index is 0. The van der Waals surface area contributed by atoms with Crippen LogP contribution in [0, 0.1) is 5.92 Å². The molecule has 1 aliphatic rings. The maximum Gasteiger partial charge on any atom is 0.311 e. The average molecular weight is 334 g/mol. The molecule has 1 heterocycles. The number of nitrogens with two attached hydrogens (primary N) is 1. The first-order valence-electron chi connectivity index (χ1n) is 6.75. The van der Waals surface area contributed by atoms with Gasteiger partial charge in [0.15, 0.2) is 5.13 Å². The summed E-state index contributed by atoms with van der Waals surface area (Å²) in [7, 11) is 0. The second kappa shape index (κ2) is 8.31. The fourth-order valence-corrected chi connectivity index (χ4v) is 2.98. The highest BCUT2D eigenvalue weighted by Crippen LogP contribution is 2.26. The van der Waals surface area contributed by atoms with Crippen molar-refractivity contribution in [3.05, 3.63) is 11.1 Å². The van der Waals surface area contributed by atoms with E-state index in [9.17, 15) is 9.59 Å². The van der Waals surface area contributed by atoms with Gasteiger partial charge in [0.2, 0.25) is 5.91 Å². The number of rotatable bonds is 5. The van der Waals surface area contributed by atoms with Crippen LogP contribution in [0.1, 0.15) is 31.9 Å². The number of carbonyl (C=O) groups excluding carboxylic acids is 2. The first kappa shape index (κ1) is 17.9. The molecule has 1 aromatic heterocycles. The molecule has 1 aromatic rings. The third-order valence-electron chi connectivity index (χ3n) is 3.26. The van der Waals surface area contributed by atoms with E-state index >= 15 is 0 Å². The van der Waals surface area contributed by atoms with E-state index in [1.807, 2.05) is 0 Å². The Morgan fingerprint density at radius 1 is 1.52 bits per heavy atom. The van der Waals surface area contributed by atoms with Crippen molar-refractivity contribution in [3.8, 4) is 0 Å². The number of hydrogen-bond acceptors (Lipinski definition) is 6. The summed E-state index contributed by atoms with van der Waals surface area (Å²) in [5.74, 6) is -0.366. The Bertz CT molecular complexity index is 495. The van der Waals surface area contributed by atoms with E-state index in [-0.39, 0.29) is 42.7 Å². The number of thiazole rings is 1. The Kier molecular flexibility index (Phi) is 7.07. The molecule has 0 spiro atoms. The van der Waals surface area contributed by atoms with Crippen LogP contribution in [0.25, 0.3) is 0 Å². The molecule has 0 aromatic carbocycles. The van der Waals surface area contributed by atoms with Gasteiger partial charge in [0.1, 0.15) is 0 Å². The molecule has 1 saturated carbocycles. The Balaban J connectivity index is 0.00000220. The molecule has 8 heteroatoms. The van der Waals surface area contributed by atoms with Gasteiger partial charge in [-0.1, -0.05) is 0 Å². The van der Waals surface area contributed by atoms with Gasteiger partial charge in [-0.2, -0.15) is 0 Å². The molecule has 0 saturated heterocycles. The van der Waals surface area contributed by atoms with Gasteiger partial charge >= 0.3 is 5.97 Å². The van der Waals surface area contributed by atoms with Crippen LogP contribution < -0.4 is 11.1 Å². The van der Waals surface area contributed by atoms with E-state index in [2.05, 4.69) is 10.3 Å². The number of amides is 1. The van der Waals surface area contributed by atoms with Crippen molar-refractivity contribution in [2.75, 3.05) is 11.9 Å². The Morgan fingerprint density at radius 2 is 2.29 bits per heavy atom. The van der Waals surface area contributed by atoms with Crippen LogP contribution in [0.15, 0.2) is 5.38 Å². The van der Waals surface area contributed by atoms with Crippen LogP contribution in [-0.4, -0.2) is 29.5 Å². The Hall–Kier alpha value is -1.18. The zero-order valence-corrected chi connectivity index (χ0v) is 13.5. The summed E-state index contributed by atoms with van der Waals surface area (Å²) in [5, 5.41) is 5.07. The number of hydrogen-bond donors (Lipinski definition) is 2. The van der Waals surface area contributed by atoms with Gasteiger partial charge in [0, 0.05) is 17.3 Å². The minimum atomic E-state index is -0.308. The Morgan fingerprint density at radius 3 is 2.90 bits per heavy atom. The number of nitrogens with one attached hydrogen (secondary N) is 1. The van der Waals surface area contributed by atoms with Crippen LogP contribution in [-0.2, 0) is 20.7 Å². The van der Waals surface area contributed by atoms with Crippen LogP contribution >= 0.6 is 23.7 Å². The second-order valence-electron chi connectivity index (χ2n) is 4.89. The van der Waals surface area contributed by atoms with Crippen LogP contribution in [0.4, 0.5) is 5.13 Å². The van der Waals surface area contributed by atoms with Crippen molar-refractivity contribution >= 4 is 40.8 Å². The summed E-state index contributed by atoms with van der Waals surface area (Å²) in [6.07, 6.45) is 2.58. The minimum Gasteiger partial charge on any atom is -0.466 e. The van der Waals surface area contributed by atoms with Gasteiger partial charge in [0.25, 0.3) is 0 Å². The monoisotopic (exact) mass is 333 g/mol. The van der Waals surface area contributed by atoms with Crippen molar-refractivity contribution < 1.29 is 14.3 Å².